The molecule has 4 nitrogen and oxygen atoms in total. The van der Waals surface area contributed by atoms with Crippen molar-refractivity contribution in [1.29, 1.82) is 0 Å². The predicted molar refractivity (Wildman–Crippen MR) is 119 cm³/mol. The SMILES string of the molecule is CCc1ccc([C@@H](N[C@H](C)C(=O)NCc2ccc(OC)cc2)c2cccs2)cc1. The van der Waals surface area contributed by atoms with Crippen molar-refractivity contribution in [3.05, 3.63) is 87.6 Å². The molecule has 2 aromatic carbocycles. The van der Waals surface area contributed by atoms with E-state index in [1.807, 2.05) is 37.3 Å². The third-order valence-electron chi connectivity index (χ3n) is 4.98. The summed E-state index contributed by atoms with van der Waals surface area (Å²) in [6.07, 6.45) is 1.02. The highest BCUT2D eigenvalue weighted by molar-refractivity contribution is 7.10. The Bertz CT molecular complexity index is 890. The normalized spacial score (nSPS) is 12.9. The van der Waals surface area contributed by atoms with Gasteiger partial charge in [-0.15, -0.1) is 11.3 Å². The van der Waals surface area contributed by atoms with Crippen molar-refractivity contribution in [1.82, 2.24) is 10.6 Å². The van der Waals surface area contributed by atoms with E-state index in [9.17, 15) is 4.79 Å². The van der Waals surface area contributed by atoms with Crippen LogP contribution in [0.5, 0.6) is 5.75 Å². The summed E-state index contributed by atoms with van der Waals surface area (Å²) in [4.78, 5) is 13.9. The average Bonchev–Trinajstić information content (AvgIpc) is 3.30. The third-order valence-corrected chi connectivity index (χ3v) is 5.92. The van der Waals surface area contributed by atoms with E-state index in [2.05, 4.69) is 53.3 Å². The molecule has 0 radical (unpaired) electrons. The van der Waals surface area contributed by atoms with Gasteiger partial charge in [0.25, 0.3) is 0 Å². The second-order valence-electron chi connectivity index (χ2n) is 7.00. The molecule has 1 aromatic heterocycles. The van der Waals surface area contributed by atoms with Crippen LogP contribution in [0.15, 0.2) is 66.0 Å². The van der Waals surface area contributed by atoms with Crippen LogP contribution in [0.2, 0.25) is 0 Å². The highest BCUT2D eigenvalue weighted by atomic mass is 32.1. The van der Waals surface area contributed by atoms with Crippen LogP contribution >= 0.6 is 11.3 Å². The van der Waals surface area contributed by atoms with Gasteiger partial charge in [-0.3, -0.25) is 10.1 Å². The summed E-state index contributed by atoms with van der Waals surface area (Å²) in [5, 5.41) is 8.59. The zero-order valence-electron chi connectivity index (χ0n) is 17.1. The number of amides is 1. The van der Waals surface area contributed by atoms with Gasteiger partial charge >= 0.3 is 0 Å². The van der Waals surface area contributed by atoms with Crippen molar-refractivity contribution < 1.29 is 9.53 Å². The molecule has 0 bridgehead atoms. The molecule has 0 saturated carbocycles. The molecule has 3 aromatic rings. The van der Waals surface area contributed by atoms with Crippen LogP contribution in [-0.2, 0) is 17.8 Å². The van der Waals surface area contributed by atoms with Crippen LogP contribution in [0.4, 0.5) is 0 Å². The summed E-state index contributed by atoms with van der Waals surface area (Å²) >= 11 is 1.70. The lowest BCUT2D eigenvalue weighted by Crippen LogP contribution is -2.43. The molecular formula is C24H28N2O2S. The Kier molecular flexibility index (Phi) is 7.44. The molecule has 2 atom stereocenters. The summed E-state index contributed by atoms with van der Waals surface area (Å²) in [7, 11) is 1.64. The van der Waals surface area contributed by atoms with E-state index in [0.29, 0.717) is 6.54 Å². The topological polar surface area (TPSA) is 50.4 Å². The molecule has 152 valence electrons. The Morgan fingerprint density at radius 3 is 2.31 bits per heavy atom. The minimum Gasteiger partial charge on any atom is -0.497 e. The Hall–Kier alpha value is -2.63. The van der Waals surface area contributed by atoms with Crippen molar-refractivity contribution in [2.45, 2.75) is 38.9 Å². The molecule has 29 heavy (non-hydrogen) atoms. The summed E-state index contributed by atoms with van der Waals surface area (Å²) in [6, 6.07) is 20.2. The molecule has 0 unspecified atom stereocenters. The number of nitrogens with one attached hydrogen (secondary N) is 2. The van der Waals surface area contributed by atoms with Crippen molar-refractivity contribution in [3.8, 4) is 5.75 Å². The molecule has 0 aliphatic rings. The van der Waals surface area contributed by atoms with Gasteiger partial charge in [-0.1, -0.05) is 49.4 Å². The first-order chi connectivity index (χ1) is 14.1. The van der Waals surface area contributed by atoms with Crippen molar-refractivity contribution in [2.24, 2.45) is 0 Å². The monoisotopic (exact) mass is 408 g/mol. The maximum Gasteiger partial charge on any atom is 0.237 e. The number of rotatable bonds is 9. The first-order valence-corrected chi connectivity index (χ1v) is 10.8. The van der Waals surface area contributed by atoms with Gasteiger partial charge in [-0.25, -0.2) is 0 Å². The van der Waals surface area contributed by atoms with Gasteiger partial charge in [0, 0.05) is 11.4 Å². The van der Waals surface area contributed by atoms with Gasteiger partial charge < -0.3 is 10.1 Å². The number of carbonyl (C=O) groups is 1. The van der Waals surface area contributed by atoms with Crippen LogP contribution in [-0.4, -0.2) is 19.1 Å². The largest absolute Gasteiger partial charge is 0.497 e. The lowest BCUT2D eigenvalue weighted by atomic mass is 10.0. The molecule has 2 N–H and O–H groups in total. The van der Waals surface area contributed by atoms with Crippen molar-refractivity contribution >= 4 is 17.2 Å². The number of hydrogen-bond donors (Lipinski definition) is 2. The zero-order valence-corrected chi connectivity index (χ0v) is 18.0. The fourth-order valence-corrected chi connectivity index (χ4v) is 3.97. The number of thiophene rings is 1. The van der Waals surface area contributed by atoms with E-state index < -0.39 is 0 Å². The van der Waals surface area contributed by atoms with Crippen molar-refractivity contribution in [2.75, 3.05) is 7.11 Å². The predicted octanol–water partition coefficient (Wildman–Crippen LogP) is 4.70. The third kappa shape index (κ3) is 5.68. The fraction of sp³-hybridized carbons (Fsp3) is 0.292. The summed E-state index contributed by atoms with van der Waals surface area (Å²) in [5.41, 5.74) is 3.51. The van der Waals surface area contributed by atoms with Gasteiger partial charge in [0.15, 0.2) is 0 Å². The Balaban J connectivity index is 1.65. The minimum atomic E-state index is -0.328. The van der Waals surface area contributed by atoms with E-state index in [1.165, 1.54) is 16.0 Å². The van der Waals surface area contributed by atoms with E-state index in [1.54, 1.807) is 18.4 Å². The molecule has 1 amide bonds. The standard InChI is InChI=1S/C24H28N2O2S/c1-4-18-7-11-20(12-8-18)23(22-6-5-15-29-22)26-17(2)24(27)25-16-19-9-13-21(28-3)14-10-19/h5-15,17,23,26H,4,16H2,1-3H3,(H,25,27)/t17-,23-/m1/s1. The smallest absolute Gasteiger partial charge is 0.237 e. The summed E-state index contributed by atoms with van der Waals surface area (Å²) in [6.45, 7) is 4.55. The van der Waals surface area contributed by atoms with E-state index >= 15 is 0 Å². The number of aryl methyl sites for hydroxylation is 1. The Labute approximate surface area is 176 Å². The van der Waals surface area contributed by atoms with Crippen molar-refractivity contribution in [3.63, 3.8) is 0 Å². The maximum atomic E-state index is 12.7. The number of ether oxygens (including phenoxy) is 1. The Morgan fingerprint density at radius 1 is 1.03 bits per heavy atom. The molecule has 0 spiro atoms. The zero-order chi connectivity index (χ0) is 20.6. The second kappa shape index (κ2) is 10.2. The van der Waals surface area contributed by atoms with Crippen LogP contribution in [0.3, 0.4) is 0 Å². The van der Waals surface area contributed by atoms with Gasteiger partial charge in [-0.05, 0) is 53.6 Å². The van der Waals surface area contributed by atoms with Crippen LogP contribution < -0.4 is 15.4 Å². The molecule has 3 rings (SSSR count). The highest BCUT2D eigenvalue weighted by Crippen LogP contribution is 2.27. The van der Waals surface area contributed by atoms with Crippen LogP contribution in [0.1, 0.15) is 41.5 Å². The van der Waals surface area contributed by atoms with Gasteiger partial charge in [-0.2, -0.15) is 0 Å². The number of hydrogen-bond acceptors (Lipinski definition) is 4. The molecule has 0 aliphatic heterocycles. The summed E-state index contributed by atoms with van der Waals surface area (Å²) in [5.74, 6) is 0.788. The first-order valence-electron chi connectivity index (χ1n) is 9.89. The average molecular weight is 409 g/mol. The molecular weight excluding hydrogens is 380 g/mol. The van der Waals surface area contributed by atoms with Gasteiger partial charge in [0.05, 0.1) is 19.2 Å². The maximum absolute atomic E-state index is 12.7. The number of carbonyl (C=O) groups excluding carboxylic acids is 1. The highest BCUT2D eigenvalue weighted by Gasteiger charge is 2.21. The molecule has 0 fully saturated rings. The summed E-state index contributed by atoms with van der Waals surface area (Å²) < 4.78 is 5.17. The van der Waals surface area contributed by atoms with Crippen LogP contribution in [0, 0.1) is 0 Å². The lowest BCUT2D eigenvalue weighted by molar-refractivity contribution is -0.123. The molecule has 1 heterocycles. The minimum absolute atomic E-state index is 0.0114. The van der Waals surface area contributed by atoms with E-state index in [4.69, 9.17) is 4.74 Å². The quantitative estimate of drug-likeness (QED) is 0.539. The van der Waals surface area contributed by atoms with Gasteiger partial charge in [0.2, 0.25) is 5.91 Å². The van der Waals surface area contributed by atoms with E-state index in [0.717, 1.165) is 17.7 Å². The van der Waals surface area contributed by atoms with E-state index in [-0.39, 0.29) is 18.0 Å². The molecule has 5 heteroatoms. The first kappa shape index (κ1) is 21.1. The molecule has 0 aliphatic carbocycles. The molecule has 0 saturated heterocycles. The Morgan fingerprint density at radius 2 is 1.72 bits per heavy atom. The fourth-order valence-electron chi connectivity index (χ4n) is 3.16. The number of methoxy groups -OCH3 is 1. The van der Waals surface area contributed by atoms with Crippen LogP contribution in [0.25, 0.3) is 0 Å². The number of benzene rings is 2. The second-order valence-corrected chi connectivity index (χ2v) is 7.98. The van der Waals surface area contributed by atoms with Gasteiger partial charge in [0.1, 0.15) is 5.75 Å². The lowest BCUT2D eigenvalue weighted by Gasteiger charge is -2.23.